The van der Waals surface area contributed by atoms with Crippen LogP contribution in [0.4, 0.5) is 0 Å². The minimum atomic E-state index is -0.447. The quantitative estimate of drug-likeness (QED) is 0.795. The van der Waals surface area contributed by atoms with Crippen LogP contribution in [-0.4, -0.2) is 16.8 Å². The third kappa shape index (κ3) is 4.49. The van der Waals surface area contributed by atoms with Gasteiger partial charge in [0.05, 0.1) is 6.07 Å². The summed E-state index contributed by atoms with van der Waals surface area (Å²) in [5.41, 5.74) is 2.60. The van der Waals surface area contributed by atoms with Crippen LogP contribution < -0.4 is 5.32 Å². The summed E-state index contributed by atoms with van der Waals surface area (Å²) in [6.07, 6.45) is 4.61. The molecule has 0 saturated heterocycles. The Morgan fingerprint density at radius 2 is 2.00 bits per heavy atom. The van der Waals surface area contributed by atoms with Gasteiger partial charge in [0, 0.05) is 16.2 Å². The largest absolute Gasteiger partial charge is 0.297 e. The molecule has 0 amide bonds. The average molecular weight is 302 g/mol. The van der Waals surface area contributed by atoms with E-state index >= 15 is 0 Å². The van der Waals surface area contributed by atoms with Crippen molar-refractivity contribution in [2.24, 2.45) is 0 Å². The molecule has 0 saturated carbocycles. The van der Waals surface area contributed by atoms with E-state index in [1.165, 1.54) is 35.3 Å². The summed E-state index contributed by atoms with van der Waals surface area (Å²) in [5, 5.41) is 13.3. The number of nitriles is 1. The van der Waals surface area contributed by atoms with Gasteiger partial charge in [-0.3, -0.25) is 5.32 Å². The Balaban J connectivity index is 1.98. The van der Waals surface area contributed by atoms with Gasteiger partial charge in [-0.2, -0.15) is 5.26 Å². The first-order valence-electron chi connectivity index (χ1n) is 7.89. The lowest BCUT2D eigenvalue weighted by Crippen LogP contribution is -2.46. The zero-order chi connectivity index (χ0) is 15.5. The van der Waals surface area contributed by atoms with Crippen molar-refractivity contribution in [2.75, 3.05) is 0 Å². The lowest BCUT2D eigenvalue weighted by molar-refractivity contribution is 0.382. The molecule has 1 aliphatic carbocycles. The number of hydrogen-bond donors (Lipinski definition) is 1. The summed E-state index contributed by atoms with van der Waals surface area (Å²) in [6.45, 7) is 8.41. The molecule has 1 aliphatic rings. The number of benzene rings is 1. The van der Waals surface area contributed by atoms with Gasteiger partial charge in [0.15, 0.2) is 0 Å². The molecule has 0 bridgehead atoms. The van der Waals surface area contributed by atoms with Crippen LogP contribution in [0.3, 0.4) is 0 Å². The molecule has 3 heteroatoms. The predicted octanol–water partition coefficient (Wildman–Crippen LogP) is 4.33. The highest BCUT2D eigenvalue weighted by atomic mass is 32.2. The van der Waals surface area contributed by atoms with Crippen LogP contribution in [-0.2, 0) is 12.8 Å². The molecule has 1 aromatic rings. The van der Waals surface area contributed by atoms with Gasteiger partial charge >= 0.3 is 0 Å². The van der Waals surface area contributed by atoms with E-state index in [1.807, 2.05) is 18.7 Å². The van der Waals surface area contributed by atoms with Crippen molar-refractivity contribution in [3.63, 3.8) is 0 Å². The number of nitrogens with one attached hydrogen (secondary N) is 1. The van der Waals surface area contributed by atoms with Crippen LogP contribution >= 0.6 is 11.8 Å². The Hall–Kier alpha value is -0.980. The predicted molar refractivity (Wildman–Crippen MR) is 90.7 cm³/mol. The SMILES string of the molecule is CC(C)NC(C)(C#N)CC(C)Sc1ccc2c(c1)CCC2. The summed E-state index contributed by atoms with van der Waals surface area (Å²) in [7, 11) is 0. The number of thioether (sulfide) groups is 1. The Morgan fingerprint density at radius 3 is 2.67 bits per heavy atom. The molecule has 2 unspecified atom stereocenters. The van der Waals surface area contributed by atoms with E-state index in [1.54, 1.807) is 0 Å². The highest BCUT2D eigenvalue weighted by Gasteiger charge is 2.27. The van der Waals surface area contributed by atoms with Crippen LogP contribution in [0.25, 0.3) is 0 Å². The zero-order valence-electron chi connectivity index (χ0n) is 13.6. The lowest BCUT2D eigenvalue weighted by Gasteiger charge is -2.28. The number of nitrogens with zero attached hydrogens (tertiary/aromatic N) is 1. The summed E-state index contributed by atoms with van der Waals surface area (Å²) < 4.78 is 0. The van der Waals surface area contributed by atoms with Gasteiger partial charge in [-0.25, -0.2) is 0 Å². The molecule has 0 fully saturated rings. The molecule has 2 nitrogen and oxygen atoms in total. The van der Waals surface area contributed by atoms with Crippen molar-refractivity contribution in [1.82, 2.24) is 5.32 Å². The second-order valence-corrected chi connectivity index (χ2v) is 8.17. The first kappa shape index (κ1) is 16.4. The van der Waals surface area contributed by atoms with Gasteiger partial charge in [0.25, 0.3) is 0 Å². The van der Waals surface area contributed by atoms with E-state index in [2.05, 4.69) is 50.4 Å². The Morgan fingerprint density at radius 1 is 1.29 bits per heavy atom. The van der Waals surface area contributed by atoms with Crippen molar-refractivity contribution >= 4 is 11.8 Å². The highest BCUT2D eigenvalue weighted by Crippen LogP contribution is 2.32. The summed E-state index contributed by atoms with van der Waals surface area (Å²) >= 11 is 1.89. The van der Waals surface area contributed by atoms with Crippen molar-refractivity contribution in [2.45, 2.75) is 75.1 Å². The summed E-state index contributed by atoms with van der Waals surface area (Å²) in [5.74, 6) is 0. The standard InChI is InChI=1S/C18H26N2S/c1-13(2)20-18(4,12-19)11-14(3)21-17-9-8-15-6-5-7-16(15)10-17/h8-10,13-14,20H,5-7,11H2,1-4H3. The first-order valence-corrected chi connectivity index (χ1v) is 8.77. The van der Waals surface area contributed by atoms with Gasteiger partial charge in [-0.15, -0.1) is 11.8 Å². The monoisotopic (exact) mass is 302 g/mol. The maximum Gasteiger partial charge on any atom is 0.105 e. The van der Waals surface area contributed by atoms with E-state index in [0.29, 0.717) is 11.3 Å². The fraction of sp³-hybridized carbons (Fsp3) is 0.611. The van der Waals surface area contributed by atoms with E-state index in [4.69, 9.17) is 0 Å². The van der Waals surface area contributed by atoms with Crippen LogP contribution in [0.1, 0.15) is 51.7 Å². The van der Waals surface area contributed by atoms with Crippen LogP contribution in [0.15, 0.2) is 23.1 Å². The Kier molecular flexibility index (Phi) is 5.35. The average Bonchev–Trinajstić information content (AvgIpc) is 2.84. The third-order valence-electron chi connectivity index (χ3n) is 3.96. The van der Waals surface area contributed by atoms with Crippen molar-refractivity contribution in [1.29, 1.82) is 5.26 Å². The number of fused-ring (bicyclic) bond motifs is 1. The first-order chi connectivity index (χ1) is 9.92. The van der Waals surface area contributed by atoms with E-state index in [0.717, 1.165) is 6.42 Å². The van der Waals surface area contributed by atoms with Crippen molar-refractivity contribution < 1.29 is 0 Å². The maximum absolute atomic E-state index is 9.45. The van der Waals surface area contributed by atoms with Gasteiger partial charge in [-0.1, -0.05) is 13.0 Å². The molecular formula is C18H26N2S. The lowest BCUT2D eigenvalue weighted by atomic mass is 9.97. The fourth-order valence-electron chi connectivity index (χ4n) is 3.24. The van der Waals surface area contributed by atoms with Crippen molar-refractivity contribution in [3.8, 4) is 6.07 Å². The molecule has 0 spiro atoms. The topological polar surface area (TPSA) is 35.8 Å². The summed E-state index contributed by atoms with van der Waals surface area (Å²) in [6, 6.07) is 9.65. The van der Waals surface area contributed by atoms with E-state index in [9.17, 15) is 5.26 Å². The molecule has 0 aromatic heterocycles. The molecule has 0 radical (unpaired) electrons. The molecule has 21 heavy (non-hydrogen) atoms. The Bertz CT molecular complexity index is 533. The summed E-state index contributed by atoms with van der Waals surface area (Å²) in [4.78, 5) is 1.34. The normalized spacial score (nSPS) is 18.1. The zero-order valence-corrected chi connectivity index (χ0v) is 14.4. The van der Waals surface area contributed by atoms with Gasteiger partial charge in [-0.05, 0) is 69.7 Å². The number of aryl methyl sites for hydroxylation is 2. The van der Waals surface area contributed by atoms with Gasteiger partial charge in [0.1, 0.15) is 5.54 Å². The molecule has 2 atom stereocenters. The van der Waals surface area contributed by atoms with Crippen LogP contribution in [0.5, 0.6) is 0 Å². The van der Waals surface area contributed by atoms with E-state index < -0.39 is 5.54 Å². The second-order valence-electron chi connectivity index (χ2n) is 6.66. The number of rotatable bonds is 6. The smallest absolute Gasteiger partial charge is 0.105 e. The van der Waals surface area contributed by atoms with Gasteiger partial charge in [0.2, 0.25) is 0 Å². The third-order valence-corrected chi connectivity index (χ3v) is 5.05. The second kappa shape index (κ2) is 6.85. The highest BCUT2D eigenvalue weighted by molar-refractivity contribution is 7.99. The molecule has 0 aliphatic heterocycles. The molecule has 1 aromatic carbocycles. The van der Waals surface area contributed by atoms with E-state index in [-0.39, 0.29) is 0 Å². The fourth-order valence-corrected chi connectivity index (χ4v) is 4.48. The molecule has 114 valence electrons. The number of hydrogen-bond acceptors (Lipinski definition) is 3. The van der Waals surface area contributed by atoms with Gasteiger partial charge < -0.3 is 0 Å². The molecule has 2 rings (SSSR count). The minimum Gasteiger partial charge on any atom is -0.297 e. The van der Waals surface area contributed by atoms with Crippen molar-refractivity contribution in [3.05, 3.63) is 29.3 Å². The van der Waals surface area contributed by atoms with Crippen LogP contribution in [0.2, 0.25) is 0 Å². The maximum atomic E-state index is 9.45. The molecule has 1 N–H and O–H groups in total. The molecular weight excluding hydrogens is 276 g/mol. The Labute approximate surface area is 133 Å². The minimum absolute atomic E-state index is 0.326. The van der Waals surface area contributed by atoms with Crippen LogP contribution in [0, 0.1) is 11.3 Å². The molecule has 0 heterocycles.